The Morgan fingerprint density at radius 3 is 2.03 bits per heavy atom. The van der Waals surface area contributed by atoms with E-state index in [1.54, 1.807) is 24.4 Å². The molecule has 1 aliphatic rings. The number of rotatable bonds is 10. The van der Waals surface area contributed by atoms with Crippen LogP contribution in [0, 0.1) is 0 Å². The minimum Gasteiger partial charge on any atom is -0.496 e. The average Bonchev–Trinajstić information content (AvgIpc) is 2.88. The van der Waals surface area contributed by atoms with Crippen molar-refractivity contribution < 1.29 is 28.5 Å². The summed E-state index contributed by atoms with van der Waals surface area (Å²) in [5, 5.41) is 0. The van der Waals surface area contributed by atoms with Crippen molar-refractivity contribution in [2.45, 2.75) is 32.2 Å². The van der Waals surface area contributed by atoms with E-state index < -0.39 is 17.9 Å². The zero-order valence-corrected chi connectivity index (χ0v) is 20.1. The van der Waals surface area contributed by atoms with Gasteiger partial charge in [0.25, 0.3) is 0 Å². The number of para-hydroxylation sites is 2. The van der Waals surface area contributed by atoms with Crippen LogP contribution >= 0.6 is 0 Å². The Kier molecular flexibility index (Phi) is 8.73. The topological polar surface area (TPSA) is 74.3 Å². The molecule has 0 saturated carbocycles. The van der Waals surface area contributed by atoms with Crippen LogP contribution in [0.5, 0.6) is 11.5 Å². The van der Waals surface area contributed by atoms with Crippen LogP contribution in [-0.2, 0) is 25.6 Å². The van der Waals surface area contributed by atoms with Gasteiger partial charge in [0.2, 0.25) is 0 Å². The summed E-state index contributed by atoms with van der Waals surface area (Å²) in [5.74, 6) is -0.448. The lowest BCUT2D eigenvalue weighted by molar-refractivity contribution is -0.137. The van der Waals surface area contributed by atoms with Crippen molar-refractivity contribution >= 4 is 11.9 Å². The number of carbonyl (C=O) groups is 2. The molecule has 0 saturated heterocycles. The zero-order chi connectivity index (χ0) is 24.5. The van der Waals surface area contributed by atoms with Gasteiger partial charge in [-0.15, -0.1) is 0 Å². The highest BCUT2D eigenvalue weighted by atomic mass is 16.5. The van der Waals surface area contributed by atoms with E-state index in [2.05, 4.69) is 6.92 Å². The zero-order valence-electron chi connectivity index (χ0n) is 20.1. The maximum absolute atomic E-state index is 12.9. The summed E-state index contributed by atoms with van der Waals surface area (Å²) in [6, 6.07) is 15.0. The van der Waals surface area contributed by atoms with Crippen molar-refractivity contribution in [2.75, 3.05) is 27.9 Å². The molecule has 0 amide bonds. The first-order valence-corrected chi connectivity index (χ1v) is 11.2. The minimum atomic E-state index is -0.702. The number of hydrogen-bond donors (Lipinski definition) is 0. The van der Waals surface area contributed by atoms with Crippen molar-refractivity contribution in [3.63, 3.8) is 0 Å². The first kappa shape index (κ1) is 24.9. The highest BCUT2D eigenvalue weighted by Crippen LogP contribution is 2.41. The van der Waals surface area contributed by atoms with Crippen LogP contribution < -0.4 is 9.47 Å². The number of benzene rings is 2. The SMILES string of the molecule is CCCCOc1ccccc1C1C(C(=O)OC)=CN(Cc2ccccc2OC)C=C1C(=O)OC. The molecule has 0 radical (unpaired) electrons. The summed E-state index contributed by atoms with van der Waals surface area (Å²) in [6.45, 7) is 3.00. The van der Waals surface area contributed by atoms with Gasteiger partial charge in [-0.05, 0) is 18.6 Å². The van der Waals surface area contributed by atoms with Crippen molar-refractivity contribution in [1.82, 2.24) is 4.90 Å². The standard InChI is InChI=1S/C27H31NO6/c1-5-6-15-34-24-14-10-8-12-20(24)25-21(26(29)32-3)17-28(18-22(25)27(30)33-4)16-19-11-7-9-13-23(19)31-2/h7-14,17-18,25H,5-6,15-16H2,1-4H3. The molecule has 0 aliphatic carbocycles. The Morgan fingerprint density at radius 1 is 0.853 bits per heavy atom. The van der Waals surface area contributed by atoms with Crippen molar-refractivity contribution in [3.8, 4) is 11.5 Å². The van der Waals surface area contributed by atoms with Gasteiger partial charge >= 0.3 is 11.9 Å². The molecule has 0 bridgehead atoms. The van der Waals surface area contributed by atoms with Gasteiger partial charge in [0.05, 0.1) is 51.5 Å². The number of hydrogen-bond acceptors (Lipinski definition) is 7. The third-order valence-electron chi connectivity index (χ3n) is 5.60. The average molecular weight is 466 g/mol. The van der Waals surface area contributed by atoms with E-state index in [9.17, 15) is 9.59 Å². The normalized spacial score (nSPS) is 13.6. The third-order valence-corrected chi connectivity index (χ3v) is 5.60. The van der Waals surface area contributed by atoms with Crippen LogP contribution in [0.1, 0.15) is 36.8 Å². The van der Waals surface area contributed by atoms with Crippen LogP contribution in [0.3, 0.4) is 0 Å². The Bertz CT molecular complexity index is 1040. The maximum Gasteiger partial charge on any atom is 0.336 e. The molecule has 180 valence electrons. The van der Waals surface area contributed by atoms with Crippen molar-refractivity contribution in [1.29, 1.82) is 0 Å². The molecule has 1 aliphatic heterocycles. The first-order chi connectivity index (χ1) is 16.5. The molecule has 7 heteroatoms. The van der Waals surface area contributed by atoms with Crippen molar-refractivity contribution in [3.05, 3.63) is 83.2 Å². The third kappa shape index (κ3) is 5.60. The molecule has 0 aromatic heterocycles. The molecule has 1 heterocycles. The minimum absolute atomic E-state index is 0.312. The van der Waals surface area contributed by atoms with Gasteiger partial charge in [-0.1, -0.05) is 49.7 Å². The molecular weight excluding hydrogens is 434 g/mol. The smallest absolute Gasteiger partial charge is 0.336 e. The van der Waals surface area contributed by atoms with Crippen LogP contribution in [0.2, 0.25) is 0 Å². The van der Waals surface area contributed by atoms with E-state index >= 15 is 0 Å². The quantitative estimate of drug-likeness (QED) is 0.375. The molecule has 7 nitrogen and oxygen atoms in total. The fourth-order valence-electron chi connectivity index (χ4n) is 3.92. The summed E-state index contributed by atoms with van der Waals surface area (Å²) in [6.07, 6.45) is 5.30. The van der Waals surface area contributed by atoms with E-state index in [1.807, 2.05) is 48.5 Å². The van der Waals surface area contributed by atoms with Crippen molar-refractivity contribution in [2.24, 2.45) is 0 Å². The second-order valence-electron chi connectivity index (χ2n) is 7.81. The van der Waals surface area contributed by atoms with Crippen LogP contribution in [-0.4, -0.2) is 44.8 Å². The van der Waals surface area contributed by atoms with Crippen LogP contribution in [0.25, 0.3) is 0 Å². The predicted molar refractivity (Wildman–Crippen MR) is 128 cm³/mol. The highest BCUT2D eigenvalue weighted by molar-refractivity contribution is 5.98. The van der Waals surface area contributed by atoms with Crippen LogP contribution in [0.15, 0.2) is 72.1 Å². The number of carbonyl (C=O) groups excluding carboxylic acids is 2. The lowest BCUT2D eigenvalue weighted by Crippen LogP contribution is -2.29. The fourth-order valence-corrected chi connectivity index (χ4v) is 3.92. The number of methoxy groups -OCH3 is 3. The summed E-state index contributed by atoms with van der Waals surface area (Å²) in [5.41, 5.74) is 2.22. The molecular formula is C27H31NO6. The molecule has 0 fully saturated rings. The maximum atomic E-state index is 12.9. The molecule has 0 N–H and O–H groups in total. The lowest BCUT2D eigenvalue weighted by Gasteiger charge is -2.31. The molecule has 34 heavy (non-hydrogen) atoms. The number of unbranched alkanes of at least 4 members (excludes halogenated alkanes) is 1. The largest absolute Gasteiger partial charge is 0.496 e. The lowest BCUT2D eigenvalue weighted by atomic mass is 9.82. The van der Waals surface area contributed by atoms with Gasteiger partial charge < -0.3 is 23.8 Å². The second-order valence-corrected chi connectivity index (χ2v) is 7.81. The molecule has 0 atom stereocenters. The number of nitrogens with zero attached hydrogens (tertiary/aromatic N) is 1. The van der Waals surface area contributed by atoms with E-state index in [0.29, 0.717) is 41.4 Å². The second kappa shape index (κ2) is 11.9. The summed E-state index contributed by atoms with van der Waals surface area (Å²) in [7, 11) is 4.25. The molecule has 2 aromatic carbocycles. The highest BCUT2D eigenvalue weighted by Gasteiger charge is 2.37. The van der Waals surface area contributed by atoms with Crippen LogP contribution in [0.4, 0.5) is 0 Å². The van der Waals surface area contributed by atoms with Gasteiger partial charge in [-0.25, -0.2) is 9.59 Å². The number of esters is 2. The van der Waals surface area contributed by atoms with E-state index in [1.165, 1.54) is 14.2 Å². The summed E-state index contributed by atoms with van der Waals surface area (Å²) >= 11 is 0. The molecule has 0 unspecified atom stereocenters. The molecule has 0 spiro atoms. The Labute approximate surface area is 200 Å². The monoisotopic (exact) mass is 465 g/mol. The molecule has 3 rings (SSSR count). The van der Waals surface area contributed by atoms with Gasteiger partial charge in [0.15, 0.2) is 0 Å². The van der Waals surface area contributed by atoms with E-state index in [-0.39, 0.29) is 0 Å². The first-order valence-electron chi connectivity index (χ1n) is 11.2. The summed E-state index contributed by atoms with van der Waals surface area (Å²) < 4.78 is 21.7. The Hall–Kier alpha value is -3.74. The Morgan fingerprint density at radius 2 is 1.44 bits per heavy atom. The summed E-state index contributed by atoms with van der Waals surface area (Å²) in [4.78, 5) is 27.6. The van der Waals surface area contributed by atoms with Gasteiger partial charge in [0.1, 0.15) is 11.5 Å². The number of ether oxygens (including phenoxy) is 4. The Balaban J connectivity index is 2.09. The predicted octanol–water partition coefficient (Wildman–Crippen LogP) is 4.59. The van der Waals surface area contributed by atoms with Gasteiger partial charge in [-0.3, -0.25) is 0 Å². The van der Waals surface area contributed by atoms with E-state index in [0.717, 1.165) is 18.4 Å². The fraction of sp³-hybridized carbons (Fsp3) is 0.333. The molecule has 2 aromatic rings. The van der Waals surface area contributed by atoms with Gasteiger partial charge in [0, 0.05) is 23.5 Å². The van der Waals surface area contributed by atoms with Gasteiger partial charge in [-0.2, -0.15) is 0 Å². The van der Waals surface area contributed by atoms with E-state index in [4.69, 9.17) is 18.9 Å².